The second-order valence-electron chi connectivity index (χ2n) is 4.02. The number of ether oxygens (including phenoxy) is 1. The first-order chi connectivity index (χ1) is 9.29. The molecule has 94 valence electrons. The summed E-state index contributed by atoms with van der Waals surface area (Å²) in [5, 5.41) is 1.09. The van der Waals surface area contributed by atoms with Crippen molar-refractivity contribution in [1.29, 1.82) is 0 Å². The van der Waals surface area contributed by atoms with Crippen molar-refractivity contribution in [2.24, 2.45) is 0 Å². The highest BCUT2D eigenvalue weighted by molar-refractivity contribution is 5.89. The van der Waals surface area contributed by atoms with E-state index < -0.39 is 5.97 Å². The minimum absolute atomic E-state index is 0.391. The van der Waals surface area contributed by atoms with Crippen LogP contribution in [0.1, 0.15) is 10.4 Å². The van der Waals surface area contributed by atoms with Crippen molar-refractivity contribution in [3.05, 3.63) is 54.6 Å². The highest BCUT2D eigenvalue weighted by atomic mass is 16.5. The molecule has 0 spiro atoms. The van der Waals surface area contributed by atoms with E-state index in [1.165, 1.54) is 13.3 Å². The molecule has 0 N–H and O–H groups in total. The molecule has 0 bridgehead atoms. The number of esters is 1. The first kappa shape index (κ1) is 11.4. The highest BCUT2D eigenvalue weighted by Gasteiger charge is 2.07. The maximum atomic E-state index is 11.3. The largest absolute Gasteiger partial charge is 0.465 e. The Kier molecular flexibility index (Phi) is 2.72. The fourth-order valence-corrected chi connectivity index (χ4v) is 1.94. The number of fused-ring (bicyclic) bond motifs is 1. The van der Waals surface area contributed by atoms with E-state index in [-0.39, 0.29) is 0 Å². The lowest BCUT2D eigenvalue weighted by Gasteiger charge is -2.05. The minimum Gasteiger partial charge on any atom is -0.465 e. The molecule has 3 aromatic heterocycles. The van der Waals surface area contributed by atoms with Crippen LogP contribution < -0.4 is 0 Å². The van der Waals surface area contributed by atoms with Crippen LogP contribution in [0.4, 0.5) is 0 Å². The summed E-state index contributed by atoms with van der Waals surface area (Å²) in [6.07, 6.45) is 6.96. The predicted molar refractivity (Wildman–Crippen MR) is 70.2 cm³/mol. The lowest BCUT2D eigenvalue weighted by Crippen LogP contribution is -2.03. The smallest absolute Gasteiger partial charge is 0.339 e. The molecule has 0 saturated heterocycles. The molecule has 3 rings (SSSR count). The van der Waals surface area contributed by atoms with Crippen LogP contribution in [0.15, 0.2) is 49.1 Å². The lowest BCUT2D eigenvalue weighted by molar-refractivity contribution is 0.0600. The van der Waals surface area contributed by atoms with E-state index in [0.717, 1.165) is 16.7 Å². The van der Waals surface area contributed by atoms with Crippen LogP contribution >= 0.6 is 0 Å². The van der Waals surface area contributed by atoms with Gasteiger partial charge in [-0.05, 0) is 24.3 Å². The Morgan fingerprint density at radius 2 is 2.11 bits per heavy atom. The third kappa shape index (κ3) is 1.95. The number of methoxy groups -OCH3 is 1. The summed E-state index contributed by atoms with van der Waals surface area (Å²) in [5.41, 5.74) is 1.40. The Labute approximate surface area is 109 Å². The standard InChI is InChI=1S/C14H11N3O2/c1-19-14(18)11-2-3-13(16-8-11)17-7-5-10-4-6-15-9-12(10)17/h2-9H,1H3. The molecular weight excluding hydrogens is 242 g/mol. The summed E-state index contributed by atoms with van der Waals surface area (Å²) in [5.74, 6) is 0.341. The molecular formula is C14H11N3O2. The van der Waals surface area contributed by atoms with E-state index in [4.69, 9.17) is 0 Å². The van der Waals surface area contributed by atoms with Crippen molar-refractivity contribution in [1.82, 2.24) is 14.5 Å². The van der Waals surface area contributed by atoms with Gasteiger partial charge in [0.2, 0.25) is 0 Å². The van der Waals surface area contributed by atoms with Crippen LogP contribution in [0.5, 0.6) is 0 Å². The zero-order valence-corrected chi connectivity index (χ0v) is 10.3. The normalized spacial score (nSPS) is 10.6. The van der Waals surface area contributed by atoms with Crippen LogP contribution in [-0.2, 0) is 4.74 Å². The molecule has 3 aromatic rings. The van der Waals surface area contributed by atoms with Gasteiger partial charge >= 0.3 is 5.97 Å². The fourth-order valence-electron chi connectivity index (χ4n) is 1.94. The van der Waals surface area contributed by atoms with Crippen molar-refractivity contribution in [3.63, 3.8) is 0 Å². The number of aromatic nitrogens is 3. The predicted octanol–water partition coefficient (Wildman–Crippen LogP) is 2.21. The molecule has 0 aromatic carbocycles. The Morgan fingerprint density at radius 1 is 1.21 bits per heavy atom. The molecule has 0 radical (unpaired) electrons. The van der Waals surface area contributed by atoms with Crippen LogP contribution in [0.25, 0.3) is 16.7 Å². The quantitative estimate of drug-likeness (QED) is 0.657. The number of carbonyl (C=O) groups excluding carboxylic acids is 1. The van der Waals surface area contributed by atoms with Gasteiger partial charge in [0.05, 0.1) is 24.4 Å². The maximum Gasteiger partial charge on any atom is 0.339 e. The molecule has 0 amide bonds. The van der Waals surface area contributed by atoms with Crippen LogP contribution in [0.3, 0.4) is 0 Å². The summed E-state index contributed by atoms with van der Waals surface area (Å²) in [6, 6.07) is 7.40. The second-order valence-corrected chi connectivity index (χ2v) is 4.02. The van der Waals surface area contributed by atoms with E-state index in [1.807, 2.05) is 22.9 Å². The average Bonchev–Trinajstić information content (AvgIpc) is 2.90. The molecule has 3 heterocycles. The molecule has 0 unspecified atom stereocenters. The molecule has 0 saturated carbocycles. The first-order valence-electron chi connectivity index (χ1n) is 5.75. The van der Waals surface area contributed by atoms with Gasteiger partial charge in [-0.2, -0.15) is 0 Å². The molecule has 0 aliphatic rings. The number of carbonyl (C=O) groups is 1. The summed E-state index contributed by atoms with van der Waals surface area (Å²) in [6.45, 7) is 0. The summed E-state index contributed by atoms with van der Waals surface area (Å²) < 4.78 is 6.56. The zero-order chi connectivity index (χ0) is 13.2. The van der Waals surface area contributed by atoms with Crippen molar-refractivity contribution in [2.75, 3.05) is 7.11 Å². The van der Waals surface area contributed by atoms with Gasteiger partial charge in [0.1, 0.15) is 5.82 Å². The molecule has 19 heavy (non-hydrogen) atoms. The highest BCUT2D eigenvalue weighted by Crippen LogP contribution is 2.18. The van der Waals surface area contributed by atoms with Gasteiger partial charge in [-0.15, -0.1) is 0 Å². The van der Waals surface area contributed by atoms with Crippen molar-refractivity contribution >= 4 is 16.9 Å². The van der Waals surface area contributed by atoms with Gasteiger partial charge in [-0.25, -0.2) is 9.78 Å². The second kappa shape index (κ2) is 4.53. The van der Waals surface area contributed by atoms with Crippen LogP contribution in [0, 0.1) is 0 Å². The average molecular weight is 253 g/mol. The molecule has 5 nitrogen and oxygen atoms in total. The third-order valence-electron chi connectivity index (χ3n) is 2.91. The third-order valence-corrected chi connectivity index (χ3v) is 2.91. The minimum atomic E-state index is -0.391. The van der Waals surface area contributed by atoms with E-state index >= 15 is 0 Å². The first-order valence-corrected chi connectivity index (χ1v) is 5.75. The number of hydrogen-bond donors (Lipinski definition) is 0. The summed E-state index contributed by atoms with van der Waals surface area (Å²) >= 11 is 0. The maximum absolute atomic E-state index is 11.3. The van der Waals surface area contributed by atoms with E-state index in [1.54, 1.807) is 24.5 Å². The Balaban J connectivity index is 2.05. The van der Waals surface area contributed by atoms with Gasteiger partial charge in [0.15, 0.2) is 0 Å². The van der Waals surface area contributed by atoms with E-state index in [9.17, 15) is 4.79 Å². The molecule has 0 fully saturated rings. The van der Waals surface area contributed by atoms with Crippen molar-refractivity contribution in [2.45, 2.75) is 0 Å². The van der Waals surface area contributed by atoms with Gasteiger partial charge in [0.25, 0.3) is 0 Å². The van der Waals surface area contributed by atoms with Crippen LogP contribution in [0.2, 0.25) is 0 Å². The van der Waals surface area contributed by atoms with Gasteiger partial charge < -0.3 is 4.74 Å². The van der Waals surface area contributed by atoms with Crippen molar-refractivity contribution < 1.29 is 9.53 Å². The summed E-state index contributed by atoms with van der Waals surface area (Å²) in [4.78, 5) is 19.7. The lowest BCUT2D eigenvalue weighted by atomic mass is 10.3. The summed E-state index contributed by atoms with van der Waals surface area (Å²) in [7, 11) is 1.35. The molecule has 0 aliphatic heterocycles. The topological polar surface area (TPSA) is 57.0 Å². The van der Waals surface area contributed by atoms with Gasteiger partial charge in [-0.3, -0.25) is 9.55 Å². The Hall–Kier alpha value is -2.69. The van der Waals surface area contributed by atoms with Crippen LogP contribution in [-0.4, -0.2) is 27.6 Å². The monoisotopic (exact) mass is 253 g/mol. The number of rotatable bonds is 2. The Bertz CT molecular complexity index is 732. The molecule has 5 heteroatoms. The molecule has 0 atom stereocenters. The van der Waals surface area contributed by atoms with Crippen molar-refractivity contribution in [3.8, 4) is 5.82 Å². The SMILES string of the molecule is COC(=O)c1ccc(-n2ccc3ccncc32)nc1. The number of hydrogen-bond acceptors (Lipinski definition) is 4. The van der Waals surface area contributed by atoms with Gasteiger partial charge in [0, 0.05) is 24.0 Å². The Morgan fingerprint density at radius 3 is 2.84 bits per heavy atom. The number of pyridine rings is 2. The van der Waals surface area contributed by atoms with E-state index in [2.05, 4.69) is 14.7 Å². The zero-order valence-electron chi connectivity index (χ0n) is 10.3. The van der Waals surface area contributed by atoms with E-state index in [0.29, 0.717) is 5.56 Å². The number of nitrogens with zero attached hydrogens (tertiary/aromatic N) is 3. The van der Waals surface area contributed by atoms with Gasteiger partial charge in [-0.1, -0.05) is 0 Å². The fraction of sp³-hybridized carbons (Fsp3) is 0.0714. The molecule has 0 aliphatic carbocycles.